The lowest BCUT2D eigenvalue weighted by Crippen LogP contribution is -2.15. The minimum absolute atomic E-state index is 0.0470. The average Bonchev–Trinajstić information content (AvgIpc) is 3.03. The van der Waals surface area contributed by atoms with Gasteiger partial charge in [0.15, 0.2) is 0 Å². The molecule has 122 valence electrons. The zero-order valence-corrected chi connectivity index (χ0v) is 12.6. The van der Waals surface area contributed by atoms with Crippen LogP contribution in [-0.4, -0.2) is 11.0 Å². The number of hydrogen-bond acceptors (Lipinski definition) is 3. The number of halogens is 3. The van der Waals surface area contributed by atoms with E-state index in [0.29, 0.717) is 5.69 Å². The van der Waals surface area contributed by atoms with E-state index in [4.69, 9.17) is 5.26 Å². The summed E-state index contributed by atoms with van der Waals surface area (Å²) in [4.78, 5) is 4.08. The van der Waals surface area contributed by atoms with E-state index in [1.54, 1.807) is 18.5 Å². The van der Waals surface area contributed by atoms with Crippen molar-refractivity contribution in [1.29, 1.82) is 5.26 Å². The third kappa shape index (κ3) is 3.40. The topological polar surface area (TPSA) is 48.7 Å². The van der Waals surface area contributed by atoms with Crippen molar-refractivity contribution in [1.82, 2.24) is 4.98 Å². The molecule has 3 rings (SSSR count). The molecule has 0 saturated carbocycles. The van der Waals surface area contributed by atoms with E-state index in [9.17, 15) is 13.2 Å². The molecule has 0 spiro atoms. The van der Waals surface area contributed by atoms with Crippen molar-refractivity contribution in [2.24, 2.45) is 0 Å². The van der Waals surface area contributed by atoms with Gasteiger partial charge in [0.1, 0.15) is 0 Å². The van der Waals surface area contributed by atoms with Crippen LogP contribution in [0.5, 0.6) is 0 Å². The molecule has 3 nitrogen and oxygen atoms in total. The van der Waals surface area contributed by atoms with Gasteiger partial charge in [-0.05, 0) is 48.2 Å². The van der Waals surface area contributed by atoms with Crippen molar-refractivity contribution in [2.75, 3.05) is 5.32 Å². The van der Waals surface area contributed by atoms with Crippen LogP contribution < -0.4 is 5.32 Å². The van der Waals surface area contributed by atoms with Crippen molar-refractivity contribution in [3.63, 3.8) is 0 Å². The van der Waals surface area contributed by atoms with E-state index in [1.165, 1.54) is 12.1 Å². The van der Waals surface area contributed by atoms with E-state index >= 15 is 0 Å². The fraction of sp³-hybridized carbons (Fsp3) is 0.222. The minimum Gasteiger partial charge on any atom is -0.379 e. The Bertz CT molecular complexity index is 804. The number of allylic oxidation sites excluding steroid dienone is 1. The molecule has 1 unspecified atom stereocenters. The number of hydrogen-bond donors (Lipinski definition) is 1. The minimum atomic E-state index is -4.55. The molecule has 1 aliphatic carbocycles. The Labute approximate surface area is 137 Å². The molecule has 0 amide bonds. The van der Waals surface area contributed by atoms with Crippen molar-refractivity contribution in [3.05, 3.63) is 65.5 Å². The highest BCUT2D eigenvalue weighted by Crippen LogP contribution is 2.35. The summed E-state index contributed by atoms with van der Waals surface area (Å²) in [6.45, 7) is 0. The molecule has 2 aromatic rings. The third-order valence-corrected chi connectivity index (χ3v) is 3.96. The molecular formula is C18H14F3N3. The Morgan fingerprint density at radius 1 is 1.25 bits per heavy atom. The molecule has 0 radical (unpaired) electrons. The maximum Gasteiger partial charge on any atom is 0.417 e. The van der Waals surface area contributed by atoms with Crippen molar-refractivity contribution >= 4 is 11.3 Å². The second kappa shape index (κ2) is 6.36. The van der Waals surface area contributed by atoms with Crippen LogP contribution in [0, 0.1) is 11.3 Å². The van der Waals surface area contributed by atoms with Gasteiger partial charge in [-0.2, -0.15) is 18.4 Å². The van der Waals surface area contributed by atoms with Gasteiger partial charge in [-0.15, -0.1) is 0 Å². The molecule has 1 aromatic heterocycles. The summed E-state index contributed by atoms with van der Waals surface area (Å²) >= 11 is 0. The van der Waals surface area contributed by atoms with E-state index in [1.807, 2.05) is 18.2 Å². The SMILES string of the molecule is N#Cc1ccc(NC2C=C(c3cccnc3)CC2)cc1C(F)(F)F. The molecule has 0 fully saturated rings. The van der Waals surface area contributed by atoms with Gasteiger partial charge in [0, 0.05) is 24.1 Å². The summed E-state index contributed by atoms with van der Waals surface area (Å²) in [5.74, 6) is 0. The first-order valence-corrected chi connectivity index (χ1v) is 7.46. The summed E-state index contributed by atoms with van der Waals surface area (Å²) < 4.78 is 39.0. The summed E-state index contributed by atoms with van der Waals surface area (Å²) in [5, 5.41) is 11.9. The molecule has 24 heavy (non-hydrogen) atoms. The maximum atomic E-state index is 13.0. The van der Waals surface area contributed by atoms with E-state index in [2.05, 4.69) is 10.3 Å². The van der Waals surface area contributed by atoms with Gasteiger partial charge in [0.2, 0.25) is 0 Å². The molecule has 1 aromatic carbocycles. The molecule has 6 heteroatoms. The fourth-order valence-corrected chi connectivity index (χ4v) is 2.81. The number of rotatable bonds is 3. The highest BCUT2D eigenvalue weighted by Gasteiger charge is 2.34. The summed E-state index contributed by atoms with van der Waals surface area (Å²) in [7, 11) is 0. The Balaban J connectivity index is 1.80. The number of alkyl halides is 3. The first-order chi connectivity index (χ1) is 11.5. The summed E-state index contributed by atoms with van der Waals surface area (Å²) in [6.07, 6.45) is 2.58. The Morgan fingerprint density at radius 2 is 2.08 bits per heavy atom. The number of pyridine rings is 1. The number of nitrogens with zero attached hydrogens (tertiary/aromatic N) is 2. The Hall–Kier alpha value is -2.81. The monoisotopic (exact) mass is 329 g/mol. The fourth-order valence-electron chi connectivity index (χ4n) is 2.81. The normalized spacial score (nSPS) is 17.2. The van der Waals surface area contributed by atoms with E-state index in [0.717, 1.165) is 30.0 Å². The summed E-state index contributed by atoms with van der Waals surface area (Å²) in [6, 6.07) is 9.05. The number of anilines is 1. The first kappa shape index (κ1) is 16.1. The van der Waals surface area contributed by atoms with Crippen LogP contribution in [0.2, 0.25) is 0 Å². The molecule has 0 saturated heterocycles. The van der Waals surface area contributed by atoms with Gasteiger partial charge in [-0.1, -0.05) is 12.1 Å². The van der Waals surface area contributed by atoms with Crippen LogP contribution in [0.1, 0.15) is 29.5 Å². The second-order valence-corrected chi connectivity index (χ2v) is 5.59. The van der Waals surface area contributed by atoms with Crippen molar-refractivity contribution in [3.8, 4) is 6.07 Å². The largest absolute Gasteiger partial charge is 0.417 e. The molecule has 1 atom stereocenters. The standard InChI is InChI=1S/C18H14F3N3/c19-18(20,21)17-9-16(6-4-13(17)10-22)24-15-5-3-12(8-15)14-2-1-7-23-11-14/h1-2,4,6-9,11,15,24H,3,5H2. The Morgan fingerprint density at radius 3 is 2.75 bits per heavy atom. The number of nitriles is 1. The van der Waals surface area contributed by atoms with Gasteiger partial charge < -0.3 is 5.32 Å². The molecule has 0 bridgehead atoms. The number of nitrogens with one attached hydrogen (secondary N) is 1. The lowest BCUT2D eigenvalue weighted by molar-refractivity contribution is -0.137. The van der Waals surface area contributed by atoms with Crippen LogP contribution in [0.4, 0.5) is 18.9 Å². The van der Waals surface area contributed by atoms with Gasteiger partial charge in [-0.3, -0.25) is 4.98 Å². The predicted octanol–water partition coefficient (Wildman–Crippen LogP) is 4.63. The zero-order valence-electron chi connectivity index (χ0n) is 12.6. The highest BCUT2D eigenvalue weighted by molar-refractivity contribution is 5.69. The van der Waals surface area contributed by atoms with Gasteiger partial charge in [0.25, 0.3) is 0 Å². The van der Waals surface area contributed by atoms with Gasteiger partial charge in [-0.25, -0.2) is 0 Å². The van der Waals surface area contributed by atoms with Gasteiger partial charge in [0.05, 0.1) is 17.2 Å². The lowest BCUT2D eigenvalue weighted by atomic mass is 10.1. The Kier molecular flexibility index (Phi) is 4.26. The average molecular weight is 329 g/mol. The van der Waals surface area contributed by atoms with Crippen LogP contribution in [-0.2, 0) is 6.18 Å². The van der Waals surface area contributed by atoms with Crippen LogP contribution >= 0.6 is 0 Å². The first-order valence-electron chi connectivity index (χ1n) is 7.46. The van der Waals surface area contributed by atoms with Crippen LogP contribution in [0.3, 0.4) is 0 Å². The number of benzene rings is 1. The van der Waals surface area contributed by atoms with Crippen molar-refractivity contribution < 1.29 is 13.2 Å². The third-order valence-electron chi connectivity index (χ3n) is 3.96. The molecule has 1 N–H and O–H groups in total. The van der Waals surface area contributed by atoms with Crippen molar-refractivity contribution in [2.45, 2.75) is 25.1 Å². The maximum absolute atomic E-state index is 13.0. The summed E-state index contributed by atoms with van der Waals surface area (Å²) in [5.41, 5.74) is 1.23. The van der Waals surface area contributed by atoms with Gasteiger partial charge >= 0.3 is 6.18 Å². The molecule has 0 aliphatic heterocycles. The molecule has 1 heterocycles. The number of aromatic nitrogens is 1. The van der Waals surface area contributed by atoms with E-state index in [-0.39, 0.29) is 11.6 Å². The smallest absolute Gasteiger partial charge is 0.379 e. The molecular weight excluding hydrogens is 315 g/mol. The predicted molar refractivity (Wildman–Crippen MR) is 85.0 cm³/mol. The van der Waals surface area contributed by atoms with Crippen LogP contribution in [0.25, 0.3) is 5.57 Å². The molecule has 1 aliphatic rings. The lowest BCUT2D eigenvalue weighted by Gasteiger charge is -2.15. The highest BCUT2D eigenvalue weighted by atomic mass is 19.4. The quantitative estimate of drug-likeness (QED) is 0.893. The van der Waals surface area contributed by atoms with Crippen LogP contribution in [0.15, 0.2) is 48.8 Å². The zero-order chi connectivity index (χ0) is 17.2. The second-order valence-electron chi connectivity index (χ2n) is 5.59. The van der Waals surface area contributed by atoms with E-state index < -0.39 is 11.7 Å².